The molecule has 0 bridgehead atoms. The molecule has 2 heterocycles. The quantitative estimate of drug-likeness (QED) is 0.0885. The molecule has 0 atom stereocenters. The molecule has 0 amide bonds. The fourth-order valence-corrected chi connectivity index (χ4v) is 6.75. The highest BCUT2D eigenvalue weighted by molar-refractivity contribution is 8.02. The van der Waals surface area contributed by atoms with Crippen LogP contribution < -0.4 is 4.74 Å². The first-order valence-electron chi connectivity index (χ1n) is 14.7. The predicted octanol–water partition coefficient (Wildman–Crippen LogP) is 7.75. The van der Waals surface area contributed by atoms with Gasteiger partial charge in [-0.2, -0.15) is 0 Å². The molecule has 1 fully saturated rings. The van der Waals surface area contributed by atoms with Crippen molar-refractivity contribution in [1.29, 1.82) is 0 Å². The van der Waals surface area contributed by atoms with E-state index >= 15 is 0 Å². The molecule has 45 heavy (non-hydrogen) atoms. The normalized spacial score (nSPS) is 14.0. The van der Waals surface area contributed by atoms with E-state index in [0.29, 0.717) is 53.9 Å². The minimum atomic E-state index is -1.03. The van der Waals surface area contributed by atoms with Gasteiger partial charge in [-0.3, -0.25) is 4.79 Å². The predicted molar refractivity (Wildman–Crippen MR) is 180 cm³/mol. The van der Waals surface area contributed by atoms with Crippen molar-refractivity contribution in [3.63, 3.8) is 0 Å². The van der Waals surface area contributed by atoms with E-state index < -0.39 is 5.60 Å². The van der Waals surface area contributed by atoms with Gasteiger partial charge < -0.3 is 14.4 Å². The Bertz CT molecular complexity index is 1670. The van der Waals surface area contributed by atoms with Crippen molar-refractivity contribution in [3.05, 3.63) is 166 Å². The van der Waals surface area contributed by atoms with Gasteiger partial charge in [0.05, 0.1) is 29.5 Å². The van der Waals surface area contributed by atoms with E-state index in [4.69, 9.17) is 21.1 Å². The third-order valence-corrected chi connectivity index (χ3v) is 8.78. The minimum absolute atomic E-state index is 0.207. The van der Waals surface area contributed by atoms with Crippen LogP contribution in [0.4, 0.5) is 0 Å². The molecule has 0 N–H and O–H groups in total. The second-order valence-electron chi connectivity index (χ2n) is 10.5. The van der Waals surface area contributed by atoms with E-state index in [1.165, 1.54) is 18.1 Å². The van der Waals surface area contributed by atoms with Crippen molar-refractivity contribution in [2.24, 2.45) is 0 Å². The maximum atomic E-state index is 14.6. The lowest BCUT2D eigenvalue weighted by atomic mass is 9.80. The molecular weight excluding hydrogens is 602 g/mol. The number of carbonyl (C=O) groups excluding carboxylic acids is 1. The SMILES string of the molecule is CS/C(=C(/C(=O)c1cc(Cl)cc(OC(c2ccccc2)(c2ccccc2)c2ccccc2)c1)c1ccncn1)N1CCOCC1. The third kappa shape index (κ3) is 6.52. The first kappa shape index (κ1) is 30.6. The maximum absolute atomic E-state index is 14.6. The summed E-state index contributed by atoms with van der Waals surface area (Å²) in [5, 5.41) is 1.22. The zero-order chi connectivity index (χ0) is 31.1. The Morgan fingerprint density at radius 2 is 1.42 bits per heavy atom. The summed E-state index contributed by atoms with van der Waals surface area (Å²) < 4.78 is 12.7. The molecule has 6 rings (SSSR count). The highest BCUT2D eigenvalue weighted by Crippen LogP contribution is 2.42. The van der Waals surface area contributed by atoms with Crippen LogP contribution in [0.25, 0.3) is 5.57 Å². The molecule has 1 aliphatic rings. The number of hydrogen-bond acceptors (Lipinski definition) is 7. The molecule has 0 radical (unpaired) electrons. The maximum Gasteiger partial charge on any atom is 0.198 e. The number of aromatic nitrogens is 2. The Morgan fingerprint density at radius 3 is 1.93 bits per heavy atom. The summed E-state index contributed by atoms with van der Waals surface area (Å²) in [5.74, 6) is 0.253. The summed E-state index contributed by atoms with van der Waals surface area (Å²) in [6.07, 6.45) is 5.08. The van der Waals surface area contributed by atoms with E-state index in [0.717, 1.165) is 21.7 Å². The lowest BCUT2D eigenvalue weighted by molar-refractivity contribution is 0.0577. The second-order valence-corrected chi connectivity index (χ2v) is 11.7. The lowest BCUT2D eigenvalue weighted by Crippen LogP contribution is -2.36. The van der Waals surface area contributed by atoms with Gasteiger partial charge in [0, 0.05) is 46.6 Å². The van der Waals surface area contributed by atoms with Crippen LogP contribution in [0.1, 0.15) is 32.7 Å². The number of rotatable bonds is 10. The van der Waals surface area contributed by atoms with E-state index in [-0.39, 0.29) is 5.78 Å². The van der Waals surface area contributed by atoms with Crippen molar-refractivity contribution in [2.45, 2.75) is 5.60 Å². The van der Waals surface area contributed by atoms with Gasteiger partial charge in [0.25, 0.3) is 0 Å². The van der Waals surface area contributed by atoms with Gasteiger partial charge in [0.15, 0.2) is 11.4 Å². The van der Waals surface area contributed by atoms with Crippen LogP contribution in [0.15, 0.2) is 133 Å². The topological polar surface area (TPSA) is 64.5 Å². The van der Waals surface area contributed by atoms with Crippen molar-refractivity contribution >= 4 is 34.7 Å². The fourth-order valence-electron chi connectivity index (χ4n) is 5.69. The Labute approximate surface area is 272 Å². The van der Waals surface area contributed by atoms with Gasteiger partial charge >= 0.3 is 0 Å². The smallest absolute Gasteiger partial charge is 0.198 e. The van der Waals surface area contributed by atoms with Crippen LogP contribution >= 0.6 is 23.4 Å². The molecule has 5 aromatic rings. The number of morpholine rings is 1. The number of thioether (sulfide) groups is 1. The molecule has 226 valence electrons. The van der Waals surface area contributed by atoms with E-state index in [1.807, 2.05) is 60.9 Å². The van der Waals surface area contributed by atoms with Gasteiger partial charge in [-0.1, -0.05) is 103 Å². The summed E-state index contributed by atoms with van der Waals surface area (Å²) >= 11 is 8.28. The highest BCUT2D eigenvalue weighted by atomic mass is 35.5. The minimum Gasteiger partial charge on any atom is -0.473 e. The Kier molecular flexibility index (Phi) is 9.60. The number of halogens is 1. The average molecular weight is 634 g/mol. The molecule has 0 spiro atoms. The largest absolute Gasteiger partial charge is 0.473 e. The number of ketones is 1. The monoisotopic (exact) mass is 633 g/mol. The Balaban J connectivity index is 1.51. The number of Topliss-reactive ketones (excluding diaryl/α,β-unsaturated/α-hetero) is 1. The first-order chi connectivity index (χ1) is 22.1. The molecule has 1 saturated heterocycles. The molecule has 6 nitrogen and oxygen atoms in total. The van der Waals surface area contributed by atoms with Crippen LogP contribution in [-0.2, 0) is 10.3 Å². The molecule has 0 unspecified atom stereocenters. The van der Waals surface area contributed by atoms with Crippen LogP contribution in [0.3, 0.4) is 0 Å². The number of allylic oxidation sites excluding steroid dienone is 1. The zero-order valence-electron chi connectivity index (χ0n) is 24.8. The Hall–Kier alpha value is -4.43. The zero-order valence-corrected chi connectivity index (χ0v) is 26.4. The molecule has 1 aliphatic heterocycles. The second kappa shape index (κ2) is 14.1. The van der Waals surface area contributed by atoms with Gasteiger partial charge in [-0.25, -0.2) is 9.97 Å². The van der Waals surface area contributed by atoms with E-state index in [9.17, 15) is 4.79 Å². The fraction of sp³-hybridized carbons (Fsp3) is 0.162. The summed E-state index contributed by atoms with van der Waals surface area (Å²) in [7, 11) is 0. The number of nitrogens with zero attached hydrogens (tertiary/aromatic N) is 3. The van der Waals surface area contributed by atoms with Crippen molar-refractivity contribution < 1.29 is 14.3 Å². The van der Waals surface area contributed by atoms with Crippen LogP contribution in [0, 0.1) is 0 Å². The van der Waals surface area contributed by atoms with Gasteiger partial charge in [0.2, 0.25) is 0 Å². The van der Waals surface area contributed by atoms with Gasteiger partial charge in [-0.05, 0) is 30.5 Å². The summed E-state index contributed by atoms with van der Waals surface area (Å²) in [4.78, 5) is 25.3. The summed E-state index contributed by atoms with van der Waals surface area (Å²) in [5.41, 5.74) is 3.21. The lowest BCUT2D eigenvalue weighted by Gasteiger charge is -2.36. The molecule has 0 aliphatic carbocycles. The molecule has 8 heteroatoms. The number of carbonyl (C=O) groups is 1. The van der Waals surface area contributed by atoms with Gasteiger partial charge in [-0.15, -0.1) is 11.8 Å². The number of benzene rings is 4. The molecule has 4 aromatic carbocycles. The third-order valence-electron chi connectivity index (χ3n) is 7.72. The standard InChI is InChI=1S/C37H32ClN3O3S/c1-45-36(41-19-21-43-22-20-41)34(33-17-18-39-26-40-33)35(42)27-23-31(38)25-32(24-27)44-37(28-11-5-2-6-12-28,29-13-7-3-8-14-29)30-15-9-4-10-16-30/h2-18,23-26H,19-22H2,1H3/b36-34+. The summed E-state index contributed by atoms with van der Waals surface area (Å²) in [6.45, 7) is 2.53. The first-order valence-corrected chi connectivity index (χ1v) is 16.3. The van der Waals surface area contributed by atoms with E-state index in [1.54, 1.807) is 30.5 Å². The van der Waals surface area contributed by atoms with Crippen molar-refractivity contribution in [1.82, 2.24) is 14.9 Å². The van der Waals surface area contributed by atoms with Crippen LogP contribution in [-0.4, -0.2) is 53.2 Å². The molecule has 1 aromatic heterocycles. The van der Waals surface area contributed by atoms with E-state index in [2.05, 4.69) is 51.3 Å². The summed E-state index contributed by atoms with van der Waals surface area (Å²) in [6, 6.07) is 37.3. The van der Waals surface area contributed by atoms with Crippen molar-refractivity contribution in [3.8, 4) is 5.75 Å². The highest BCUT2D eigenvalue weighted by Gasteiger charge is 2.39. The van der Waals surface area contributed by atoms with Crippen molar-refractivity contribution in [2.75, 3.05) is 32.6 Å². The molecular formula is C37H32ClN3O3S. The van der Waals surface area contributed by atoms with Gasteiger partial charge in [0.1, 0.15) is 12.1 Å². The van der Waals surface area contributed by atoms with Crippen LogP contribution in [0.5, 0.6) is 5.75 Å². The molecule has 0 saturated carbocycles. The Morgan fingerprint density at radius 1 is 0.844 bits per heavy atom. The average Bonchev–Trinajstić information content (AvgIpc) is 3.11. The number of ether oxygens (including phenoxy) is 2. The number of hydrogen-bond donors (Lipinski definition) is 0. The van der Waals surface area contributed by atoms with Crippen LogP contribution in [0.2, 0.25) is 5.02 Å².